The van der Waals surface area contributed by atoms with E-state index in [1.807, 2.05) is 55.5 Å². The highest BCUT2D eigenvalue weighted by Crippen LogP contribution is 2.46. The molecule has 50 heavy (non-hydrogen) atoms. The second-order valence-corrected chi connectivity index (χ2v) is 14.5. The second-order valence-electron chi connectivity index (χ2n) is 14.5. The molecule has 1 aliphatic carbocycles. The van der Waals surface area contributed by atoms with E-state index in [0.29, 0.717) is 45.9 Å². The molecule has 0 N–H and O–H groups in total. The Morgan fingerprint density at radius 1 is 0.960 bits per heavy atom. The lowest BCUT2D eigenvalue weighted by atomic mass is 9.69. The Kier molecular flexibility index (Phi) is 9.49. The van der Waals surface area contributed by atoms with Crippen molar-refractivity contribution >= 4 is 39.5 Å². The molecule has 5 aromatic rings. The van der Waals surface area contributed by atoms with E-state index in [-0.39, 0.29) is 23.9 Å². The normalized spacial score (nSPS) is 15.4. The van der Waals surface area contributed by atoms with E-state index in [1.165, 1.54) is 6.07 Å². The zero-order chi connectivity index (χ0) is 35.9. The summed E-state index contributed by atoms with van der Waals surface area (Å²) in [6.07, 6.45) is 3.51. The minimum Gasteiger partial charge on any atom is -0.493 e. The summed E-state index contributed by atoms with van der Waals surface area (Å²) in [5.41, 5.74) is 7.42. The number of aromatic nitrogens is 1. The maximum atomic E-state index is 14.4. The van der Waals surface area contributed by atoms with E-state index in [1.54, 1.807) is 21.3 Å². The van der Waals surface area contributed by atoms with Crippen molar-refractivity contribution in [3.8, 4) is 17.2 Å². The number of hydrogen-bond acceptors (Lipinski definition) is 8. The second kappa shape index (κ2) is 13.7. The fourth-order valence-corrected chi connectivity index (χ4v) is 7.10. The Bertz CT molecular complexity index is 2180. The number of hydrogen-bond donors (Lipinski definition) is 0. The van der Waals surface area contributed by atoms with E-state index in [0.717, 1.165) is 50.7 Å². The predicted octanol–water partition coefficient (Wildman–Crippen LogP) is 9.30. The molecule has 8 heteroatoms. The van der Waals surface area contributed by atoms with Crippen LogP contribution in [0, 0.1) is 18.3 Å². The van der Waals surface area contributed by atoms with Crippen molar-refractivity contribution in [2.24, 2.45) is 11.3 Å². The van der Waals surface area contributed by atoms with Gasteiger partial charge in [0.25, 0.3) is 0 Å². The highest BCUT2D eigenvalue weighted by atomic mass is 16.5. The quantitative estimate of drug-likeness (QED) is 0.119. The number of ether oxygens (including phenoxy) is 4. The summed E-state index contributed by atoms with van der Waals surface area (Å²) in [7, 11) is 4.78. The van der Waals surface area contributed by atoms with Crippen molar-refractivity contribution in [1.29, 1.82) is 0 Å². The summed E-state index contributed by atoms with van der Waals surface area (Å²) >= 11 is 0. The van der Waals surface area contributed by atoms with Crippen LogP contribution in [-0.4, -0.2) is 32.3 Å². The third kappa shape index (κ3) is 6.59. The number of esters is 1. The summed E-state index contributed by atoms with van der Waals surface area (Å²) in [4.78, 5) is 32.2. The molecular weight excluding hydrogens is 630 g/mol. The van der Waals surface area contributed by atoms with E-state index >= 15 is 0 Å². The first-order valence-corrected chi connectivity index (χ1v) is 17.0. The van der Waals surface area contributed by atoms with Crippen molar-refractivity contribution in [1.82, 2.24) is 4.98 Å². The number of carbonyl (C=O) groups is 1. The number of rotatable bonds is 8. The van der Waals surface area contributed by atoms with Crippen LogP contribution in [0.2, 0.25) is 0 Å². The molecule has 0 saturated heterocycles. The molecule has 0 unspecified atom stereocenters. The third-order valence-corrected chi connectivity index (χ3v) is 9.87. The lowest BCUT2D eigenvalue weighted by molar-refractivity contribution is 0.0473. The number of carbonyl (C=O) groups excluding carboxylic acids is 1. The molecule has 1 atom stereocenters. The average molecular weight is 676 g/mol. The van der Waals surface area contributed by atoms with Crippen LogP contribution in [0.5, 0.6) is 17.2 Å². The SMILES string of the molecule is COc1cc(/C=C2/C[C@@H](C(C)(C)C)Cc3c2nc2ccccc2c3C(=O)OCc2cc(=O)oc3cc(C)c(C(C)C)cc23)cc(OC)c1OC. The van der Waals surface area contributed by atoms with E-state index in [2.05, 4.69) is 40.7 Å². The number of allylic oxidation sites excluding steroid dienone is 1. The molecule has 3 aromatic carbocycles. The van der Waals surface area contributed by atoms with Crippen molar-refractivity contribution in [2.45, 2.75) is 66.9 Å². The average Bonchev–Trinajstić information content (AvgIpc) is 3.07. The number of para-hydroxylation sites is 1. The van der Waals surface area contributed by atoms with Gasteiger partial charge in [0.2, 0.25) is 5.75 Å². The first-order valence-electron chi connectivity index (χ1n) is 17.0. The van der Waals surface area contributed by atoms with Gasteiger partial charge in [-0.25, -0.2) is 14.6 Å². The standard InChI is InChI=1S/C42H45NO7/c1-23(2)30-21-31-27(19-37(44)50-34(31)14-24(30)3)22-49-41(45)38-29-12-10-11-13-33(29)43-39-26(18-28(20-32(38)39)42(4,5)6)15-25-16-35(46-7)40(48-9)36(17-25)47-8/h10-17,19,21,23,28H,18,20,22H2,1-9H3/b26-15-/t28-/m1/s1. The van der Waals surface area contributed by atoms with Gasteiger partial charge in [-0.15, -0.1) is 0 Å². The summed E-state index contributed by atoms with van der Waals surface area (Å²) in [6, 6.07) is 16.9. The Balaban J connectivity index is 1.49. The molecule has 0 fully saturated rings. The van der Waals surface area contributed by atoms with Crippen LogP contribution in [0.3, 0.4) is 0 Å². The monoisotopic (exact) mass is 675 g/mol. The van der Waals surface area contributed by atoms with E-state index < -0.39 is 11.6 Å². The first kappa shape index (κ1) is 34.7. The highest BCUT2D eigenvalue weighted by molar-refractivity contribution is 6.07. The molecule has 0 aliphatic heterocycles. The Morgan fingerprint density at radius 2 is 1.66 bits per heavy atom. The van der Waals surface area contributed by atoms with Crippen LogP contribution in [0.25, 0.3) is 33.5 Å². The minimum atomic E-state index is -0.485. The molecule has 6 rings (SSSR count). The lowest BCUT2D eigenvalue weighted by Gasteiger charge is -2.36. The topological polar surface area (TPSA) is 97.1 Å². The van der Waals surface area contributed by atoms with Crippen LogP contribution in [-0.2, 0) is 17.8 Å². The Labute approximate surface area is 293 Å². The number of aryl methyl sites for hydroxylation is 1. The zero-order valence-corrected chi connectivity index (χ0v) is 30.4. The van der Waals surface area contributed by atoms with Gasteiger partial charge >= 0.3 is 11.6 Å². The molecule has 0 saturated carbocycles. The predicted molar refractivity (Wildman–Crippen MR) is 197 cm³/mol. The molecule has 2 heterocycles. The maximum Gasteiger partial charge on any atom is 0.339 e. The molecule has 2 aromatic heterocycles. The molecule has 0 radical (unpaired) electrons. The number of methoxy groups -OCH3 is 3. The van der Waals surface area contributed by atoms with Gasteiger partial charge < -0.3 is 23.4 Å². The van der Waals surface area contributed by atoms with Gasteiger partial charge in [0.1, 0.15) is 12.2 Å². The largest absolute Gasteiger partial charge is 0.493 e. The minimum absolute atomic E-state index is 0.0673. The molecule has 1 aliphatic rings. The van der Waals surface area contributed by atoms with Gasteiger partial charge in [0.05, 0.1) is 38.1 Å². The summed E-state index contributed by atoms with van der Waals surface area (Å²) in [5, 5.41) is 1.49. The highest BCUT2D eigenvalue weighted by Gasteiger charge is 2.35. The van der Waals surface area contributed by atoms with Crippen LogP contribution < -0.4 is 19.8 Å². The van der Waals surface area contributed by atoms with Gasteiger partial charge in [0, 0.05) is 22.4 Å². The smallest absolute Gasteiger partial charge is 0.339 e. The number of nitrogens with zero attached hydrogens (tertiary/aromatic N) is 1. The number of fused-ring (bicyclic) bond motifs is 3. The number of pyridine rings is 1. The van der Waals surface area contributed by atoms with Crippen molar-refractivity contribution in [3.63, 3.8) is 0 Å². The Morgan fingerprint density at radius 3 is 2.30 bits per heavy atom. The van der Waals surface area contributed by atoms with Crippen LogP contribution in [0.1, 0.15) is 90.8 Å². The van der Waals surface area contributed by atoms with Crippen LogP contribution in [0.15, 0.2) is 63.8 Å². The fourth-order valence-electron chi connectivity index (χ4n) is 7.10. The van der Waals surface area contributed by atoms with Gasteiger partial charge in [-0.1, -0.05) is 52.8 Å². The van der Waals surface area contributed by atoms with Gasteiger partial charge in [-0.3, -0.25) is 0 Å². The van der Waals surface area contributed by atoms with Crippen LogP contribution >= 0.6 is 0 Å². The van der Waals surface area contributed by atoms with Crippen molar-refractivity contribution in [3.05, 3.63) is 104 Å². The Hall–Kier alpha value is -5.11. The first-order chi connectivity index (χ1) is 23.8. The van der Waals surface area contributed by atoms with Gasteiger partial charge in [-0.2, -0.15) is 0 Å². The lowest BCUT2D eigenvalue weighted by Crippen LogP contribution is -2.28. The molecule has 8 nitrogen and oxygen atoms in total. The van der Waals surface area contributed by atoms with Gasteiger partial charge in [0.15, 0.2) is 11.5 Å². The molecule has 0 amide bonds. The maximum absolute atomic E-state index is 14.4. The summed E-state index contributed by atoms with van der Waals surface area (Å²) in [6.45, 7) is 12.9. The van der Waals surface area contributed by atoms with Crippen LogP contribution in [0.4, 0.5) is 0 Å². The summed E-state index contributed by atoms with van der Waals surface area (Å²) < 4.78 is 28.5. The zero-order valence-electron chi connectivity index (χ0n) is 30.4. The number of benzene rings is 3. The van der Waals surface area contributed by atoms with E-state index in [9.17, 15) is 9.59 Å². The van der Waals surface area contributed by atoms with E-state index in [4.69, 9.17) is 28.3 Å². The fraction of sp³-hybridized carbons (Fsp3) is 0.357. The van der Waals surface area contributed by atoms with Crippen molar-refractivity contribution < 1.29 is 28.2 Å². The van der Waals surface area contributed by atoms with Crippen molar-refractivity contribution in [2.75, 3.05) is 21.3 Å². The molecular formula is C42H45NO7. The third-order valence-electron chi connectivity index (χ3n) is 9.87. The molecule has 0 bridgehead atoms. The molecule has 0 spiro atoms. The summed E-state index contributed by atoms with van der Waals surface area (Å²) in [5.74, 6) is 1.64. The van der Waals surface area contributed by atoms with Gasteiger partial charge in [-0.05, 0) is 101 Å². The molecule has 260 valence electrons.